The van der Waals surface area contributed by atoms with Crippen molar-refractivity contribution < 1.29 is 18.6 Å². The highest BCUT2D eigenvalue weighted by Crippen LogP contribution is 2.28. The molecule has 0 aliphatic heterocycles. The minimum atomic E-state index is -2.76. The molecule has 4 nitrogen and oxygen atoms in total. The van der Waals surface area contributed by atoms with Gasteiger partial charge < -0.3 is 9.26 Å². The predicted molar refractivity (Wildman–Crippen MR) is 71.8 cm³/mol. The van der Waals surface area contributed by atoms with Gasteiger partial charge in [-0.25, -0.2) is 4.79 Å². The molecule has 1 rings (SSSR count). The molecule has 1 atom stereocenters. The average molecular weight is 270 g/mol. The molecule has 18 heavy (non-hydrogen) atoms. The summed E-state index contributed by atoms with van der Waals surface area (Å²) in [5.74, 6) is 0.381. The van der Waals surface area contributed by atoms with E-state index in [-0.39, 0.29) is 12.0 Å². The quantitative estimate of drug-likeness (QED) is 0.776. The third-order valence-electron chi connectivity index (χ3n) is 2.37. The molecule has 0 heterocycles. The SMILES string of the molecule is CCO[PH](=O)C(=O)Oc1ccc(C(C)(C)C)cc1. The summed E-state index contributed by atoms with van der Waals surface area (Å²) in [5.41, 5.74) is 0.367. The Morgan fingerprint density at radius 3 is 2.22 bits per heavy atom. The highest BCUT2D eigenvalue weighted by Gasteiger charge is 2.16. The molecule has 0 radical (unpaired) electrons. The van der Waals surface area contributed by atoms with Crippen molar-refractivity contribution in [1.82, 2.24) is 0 Å². The lowest BCUT2D eigenvalue weighted by molar-refractivity contribution is 0.218. The van der Waals surface area contributed by atoms with Gasteiger partial charge in [0.1, 0.15) is 5.75 Å². The maximum atomic E-state index is 11.4. The van der Waals surface area contributed by atoms with E-state index in [4.69, 9.17) is 9.26 Å². The molecule has 0 saturated carbocycles. The summed E-state index contributed by atoms with van der Waals surface area (Å²) in [5, 5.41) is 0. The summed E-state index contributed by atoms with van der Waals surface area (Å²) in [6, 6.07) is 7.17. The molecule has 0 aromatic heterocycles. The minimum Gasteiger partial charge on any atom is -0.420 e. The van der Waals surface area contributed by atoms with Gasteiger partial charge in [-0.3, -0.25) is 4.57 Å². The van der Waals surface area contributed by atoms with Crippen LogP contribution in [0.2, 0.25) is 0 Å². The van der Waals surface area contributed by atoms with Crippen LogP contribution in [0.4, 0.5) is 4.79 Å². The van der Waals surface area contributed by atoms with Crippen LogP contribution in [0.15, 0.2) is 24.3 Å². The average Bonchev–Trinajstić information content (AvgIpc) is 2.28. The molecule has 0 aliphatic carbocycles. The summed E-state index contributed by atoms with van der Waals surface area (Å²) in [6.07, 6.45) is 0. The van der Waals surface area contributed by atoms with Gasteiger partial charge >= 0.3 is 5.71 Å². The van der Waals surface area contributed by atoms with Gasteiger partial charge in [0.2, 0.25) is 0 Å². The van der Waals surface area contributed by atoms with Crippen LogP contribution in [0, 0.1) is 0 Å². The van der Waals surface area contributed by atoms with Crippen LogP contribution in [-0.2, 0) is 14.5 Å². The smallest absolute Gasteiger partial charge is 0.393 e. The molecular weight excluding hydrogens is 251 g/mol. The molecule has 1 aromatic rings. The van der Waals surface area contributed by atoms with E-state index in [1.807, 2.05) is 12.1 Å². The van der Waals surface area contributed by atoms with Gasteiger partial charge in [0.15, 0.2) is 0 Å². The molecule has 0 spiro atoms. The molecule has 0 bridgehead atoms. The summed E-state index contributed by atoms with van der Waals surface area (Å²) in [7, 11) is -2.76. The van der Waals surface area contributed by atoms with Crippen LogP contribution in [0.3, 0.4) is 0 Å². The van der Waals surface area contributed by atoms with Crippen LogP contribution in [0.1, 0.15) is 33.3 Å². The van der Waals surface area contributed by atoms with Crippen molar-refractivity contribution in [3.8, 4) is 5.75 Å². The first-order valence-corrected chi connectivity index (χ1v) is 7.15. The maximum absolute atomic E-state index is 11.4. The first kappa shape index (κ1) is 14.9. The van der Waals surface area contributed by atoms with E-state index in [2.05, 4.69) is 20.8 Å². The number of ether oxygens (including phenoxy) is 1. The third kappa shape index (κ3) is 4.28. The first-order chi connectivity index (χ1) is 8.34. The van der Waals surface area contributed by atoms with E-state index >= 15 is 0 Å². The fourth-order valence-corrected chi connectivity index (χ4v) is 1.94. The normalized spacial score (nSPS) is 13.1. The summed E-state index contributed by atoms with van der Waals surface area (Å²) in [4.78, 5) is 11.4. The molecule has 1 aromatic carbocycles. The lowest BCUT2D eigenvalue weighted by Crippen LogP contribution is -2.10. The number of hydrogen-bond acceptors (Lipinski definition) is 4. The zero-order chi connectivity index (χ0) is 13.8. The van der Waals surface area contributed by atoms with Crippen LogP contribution in [0.25, 0.3) is 0 Å². The van der Waals surface area contributed by atoms with Crippen molar-refractivity contribution >= 4 is 13.7 Å². The lowest BCUT2D eigenvalue weighted by atomic mass is 9.87. The van der Waals surface area contributed by atoms with Gasteiger partial charge in [0, 0.05) is 0 Å². The Balaban J connectivity index is 2.70. The molecule has 0 N–H and O–H groups in total. The molecule has 1 unspecified atom stereocenters. The highest BCUT2D eigenvalue weighted by atomic mass is 31.1. The van der Waals surface area contributed by atoms with Gasteiger partial charge in [-0.1, -0.05) is 32.9 Å². The molecule has 100 valence electrons. The van der Waals surface area contributed by atoms with Crippen LogP contribution in [0.5, 0.6) is 5.75 Å². The second kappa shape index (κ2) is 6.17. The summed E-state index contributed by atoms with van der Waals surface area (Å²) >= 11 is 0. The van der Waals surface area contributed by atoms with Crippen LogP contribution >= 0.6 is 8.03 Å². The lowest BCUT2D eigenvalue weighted by Gasteiger charge is -2.18. The third-order valence-corrected chi connectivity index (χ3v) is 3.36. The summed E-state index contributed by atoms with van der Waals surface area (Å²) in [6.45, 7) is 8.20. The monoisotopic (exact) mass is 270 g/mol. The Kier molecular flexibility index (Phi) is 5.12. The van der Waals surface area contributed by atoms with Crippen LogP contribution in [-0.4, -0.2) is 12.3 Å². The molecule has 0 amide bonds. The molecular formula is C13H19O4P. The van der Waals surface area contributed by atoms with E-state index < -0.39 is 13.7 Å². The zero-order valence-electron chi connectivity index (χ0n) is 11.1. The maximum Gasteiger partial charge on any atom is 0.393 e. The zero-order valence-corrected chi connectivity index (χ0v) is 12.1. The van der Waals surface area contributed by atoms with Crippen molar-refractivity contribution in [3.05, 3.63) is 29.8 Å². The van der Waals surface area contributed by atoms with Gasteiger partial charge in [0.05, 0.1) is 6.61 Å². The largest absolute Gasteiger partial charge is 0.420 e. The van der Waals surface area contributed by atoms with E-state index in [1.165, 1.54) is 0 Å². The van der Waals surface area contributed by atoms with Gasteiger partial charge in [-0.15, -0.1) is 0 Å². The molecule has 0 fully saturated rings. The minimum absolute atomic E-state index is 0.0430. The van der Waals surface area contributed by atoms with Crippen molar-refractivity contribution in [3.63, 3.8) is 0 Å². The van der Waals surface area contributed by atoms with Crippen molar-refractivity contribution in [2.24, 2.45) is 0 Å². The second-order valence-electron chi connectivity index (χ2n) is 4.88. The van der Waals surface area contributed by atoms with E-state index in [9.17, 15) is 9.36 Å². The molecule has 0 saturated heterocycles. The molecule has 5 heteroatoms. The van der Waals surface area contributed by atoms with E-state index in [0.29, 0.717) is 5.75 Å². The Hall–Kier alpha value is -1.12. The predicted octanol–water partition coefficient (Wildman–Crippen LogP) is 3.99. The number of carbonyl (C=O) groups excluding carboxylic acids is 1. The highest BCUT2D eigenvalue weighted by molar-refractivity contribution is 7.58. The molecule has 0 aliphatic rings. The van der Waals surface area contributed by atoms with E-state index in [1.54, 1.807) is 19.1 Å². The fourth-order valence-electron chi connectivity index (χ4n) is 1.36. The number of rotatable bonds is 4. The first-order valence-electron chi connectivity index (χ1n) is 5.84. The number of carbonyl (C=O) groups is 1. The Morgan fingerprint density at radius 1 is 1.22 bits per heavy atom. The van der Waals surface area contributed by atoms with E-state index in [0.717, 1.165) is 5.56 Å². The topological polar surface area (TPSA) is 52.6 Å². The number of benzene rings is 1. The fraction of sp³-hybridized carbons (Fsp3) is 0.462. The second-order valence-corrected chi connectivity index (χ2v) is 6.16. The van der Waals surface area contributed by atoms with Crippen molar-refractivity contribution in [2.75, 3.05) is 6.61 Å². The van der Waals surface area contributed by atoms with Gasteiger partial charge in [-0.2, -0.15) is 0 Å². The summed E-state index contributed by atoms with van der Waals surface area (Å²) < 4.78 is 21.0. The Labute approximate surface area is 108 Å². The Morgan fingerprint density at radius 2 is 1.78 bits per heavy atom. The van der Waals surface area contributed by atoms with Gasteiger partial charge in [-0.05, 0) is 30.0 Å². The Bertz CT molecular complexity index is 431. The van der Waals surface area contributed by atoms with Crippen molar-refractivity contribution in [1.29, 1.82) is 0 Å². The van der Waals surface area contributed by atoms with Crippen molar-refractivity contribution in [2.45, 2.75) is 33.1 Å². The number of hydrogen-bond donors (Lipinski definition) is 0. The standard InChI is InChI=1S/C13H19O4P/c1-5-16-18(15)12(14)17-11-8-6-10(7-9-11)13(2,3)4/h6-9,18H,5H2,1-4H3. The van der Waals surface area contributed by atoms with Crippen LogP contribution < -0.4 is 4.74 Å². The van der Waals surface area contributed by atoms with Gasteiger partial charge in [0.25, 0.3) is 8.03 Å².